The molecule has 0 N–H and O–H groups in total. The predicted octanol–water partition coefficient (Wildman–Crippen LogP) is 4.57. The smallest absolute Gasteiger partial charge is 0.657 e. The molecule has 4 nitrogen and oxygen atoms in total. The number of pyridine rings is 1. The molecule has 6 rings (SSSR count). The van der Waals surface area contributed by atoms with Crippen molar-refractivity contribution in [1.82, 2.24) is 19.9 Å². The number of hydrogen-bond acceptors (Lipinski definition) is 3. The number of aryl methyl sites for hydroxylation is 1. The fraction of sp³-hybridized carbons (Fsp3) is 0.0333. The second-order valence-electron chi connectivity index (χ2n) is 8.17. The maximum Gasteiger partial charge on any atom is 2.00 e. The van der Waals surface area contributed by atoms with Crippen LogP contribution in [-0.4, -0.2) is 15.0 Å². The number of rotatable bonds is 3. The Morgan fingerprint density at radius 1 is 0.743 bits per heavy atom. The van der Waals surface area contributed by atoms with Gasteiger partial charge < -0.3 is 4.98 Å². The van der Waals surface area contributed by atoms with Crippen molar-refractivity contribution in [3.05, 3.63) is 125 Å². The molecule has 0 unspecified atom stereocenters. The quantitative estimate of drug-likeness (QED) is 0.269. The number of nitrogens with zero attached hydrogens (tertiary/aromatic N) is 4. The fourth-order valence-corrected chi connectivity index (χ4v) is 4.27. The maximum atomic E-state index is 4.99. The van der Waals surface area contributed by atoms with E-state index in [4.69, 9.17) is 9.97 Å². The zero-order valence-electron chi connectivity index (χ0n) is 18.9. The Morgan fingerprint density at radius 3 is 2.29 bits per heavy atom. The van der Waals surface area contributed by atoms with Crippen molar-refractivity contribution in [1.29, 1.82) is 0 Å². The van der Waals surface area contributed by atoms with Crippen molar-refractivity contribution < 1.29 is 21.1 Å². The molecule has 0 amide bonds. The Labute approximate surface area is 217 Å². The summed E-state index contributed by atoms with van der Waals surface area (Å²) in [4.78, 5) is 18.9. The molecule has 0 saturated heterocycles. The molecule has 0 radical (unpaired) electrons. The van der Waals surface area contributed by atoms with Crippen LogP contribution in [-0.2, 0) is 21.1 Å². The molecule has 0 aliphatic carbocycles. The van der Waals surface area contributed by atoms with E-state index in [2.05, 4.69) is 47.2 Å². The van der Waals surface area contributed by atoms with Gasteiger partial charge in [-0.1, -0.05) is 60.7 Å². The third-order valence-electron chi connectivity index (χ3n) is 5.93. The molecular weight excluding hydrogens is 611 g/mol. The molecule has 3 aromatic heterocycles. The Balaban J connectivity index is 0.00000253. The number of hydrogen-bond donors (Lipinski definition) is 0. The van der Waals surface area contributed by atoms with E-state index < -0.39 is 0 Å². The van der Waals surface area contributed by atoms with Crippen molar-refractivity contribution >= 4 is 33.8 Å². The van der Waals surface area contributed by atoms with Gasteiger partial charge in [-0.2, -0.15) is 0 Å². The summed E-state index contributed by atoms with van der Waals surface area (Å²) in [5.41, 5.74) is 5.67. The van der Waals surface area contributed by atoms with Gasteiger partial charge in [0, 0.05) is 5.39 Å². The van der Waals surface area contributed by atoms with Crippen LogP contribution in [0.4, 0.5) is 0 Å². The van der Waals surface area contributed by atoms with Crippen LogP contribution in [0.1, 0.15) is 17.0 Å². The molecule has 170 valence electrons. The van der Waals surface area contributed by atoms with Gasteiger partial charge in [0.15, 0.2) is 0 Å². The minimum absolute atomic E-state index is 0. The zero-order valence-corrected chi connectivity index (χ0v) is 21.2. The van der Waals surface area contributed by atoms with E-state index in [9.17, 15) is 0 Å². The minimum Gasteiger partial charge on any atom is -0.657 e. The monoisotopic (exact) mass is 631 g/mol. The van der Waals surface area contributed by atoms with E-state index >= 15 is 0 Å². The van der Waals surface area contributed by atoms with Crippen LogP contribution < -0.4 is 15.7 Å². The van der Waals surface area contributed by atoms with Gasteiger partial charge in [-0.3, -0.25) is 4.98 Å². The summed E-state index contributed by atoms with van der Waals surface area (Å²) >= 11 is 0. The molecule has 0 spiro atoms. The van der Waals surface area contributed by atoms with Gasteiger partial charge in [-0.25, -0.2) is 9.97 Å². The summed E-state index contributed by atoms with van der Waals surface area (Å²) in [7, 11) is 0. The van der Waals surface area contributed by atoms with E-state index in [-0.39, 0.29) is 21.1 Å². The summed E-state index contributed by atoms with van der Waals surface area (Å²) in [5.74, 6) is 0. The second kappa shape index (κ2) is 9.77. The van der Waals surface area contributed by atoms with Crippen LogP contribution in [0.3, 0.4) is 0 Å². The maximum absolute atomic E-state index is 4.99. The van der Waals surface area contributed by atoms with Crippen molar-refractivity contribution in [3.63, 3.8) is 0 Å². The minimum atomic E-state index is 0. The first-order valence-corrected chi connectivity index (χ1v) is 11.2. The first kappa shape index (κ1) is 22.9. The first-order chi connectivity index (χ1) is 16.8. The number of benzene rings is 3. The van der Waals surface area contributed by atoms with E-state index in [1.54, 1.807) is 6.33 Å². The third-order valence-corrected chi connectivity index (χ3v) is 5.93. The molecule has 0 atom stereocenters. The van der Waals surface area contributed by atoms with Crippen LogP contribution in [0.15, 0.2) is 91.3 Å². The average molecular weight is 632 g/mol. The van der Waals surface area contributed by atoms with E-state index in [0.29, 0.717) is 0 Å². The third kappa shape index (κ3) is 4.45. The van der Waals surface area contributed by atoms with Gasteiger partial charge in [0.2, 0.25) is 0 Å². The number of para-hydroxylation sites is 1. The van der Waals surface area contributed by atoms with Crippen LogP contribution >= 0.6 is 0 Å². The molecular formula is C30H20N4Pt. The van der Waals surface area contributed by atoms with Gasteiger partial charge in [0.25, 0.3) is 0 Å². The molecule has 0 aliphatic heterocycles. The Bertz CT molecular complexity index is 1770. The van der Waals surface area contributed by atoms with Gasteiger partial charge in [-0.15, -0.1) is 46.6 Å². The van der Waals surface area contributed by atoms with Gasteiger partial charge >= 0.3 is 21.1 Å². The largest absolute Gasteiger partial charge is 2.00 e. The molecule has 0 aliphatic rings. The average Bonchev–Trinajstić information content (AvgIpc) is 3.22. The predicted molar refractivity (Wildman–Crippen MR) is 136 cm³/mol. The number of fused-ring (bicyclic) bond motifs is 2. The van der Waals surface area contributed by atoms with E-state index in [0.717, 1.165) is 60.6 Å². The summed E-state index contributed by atoms with van der Waals surface area (Å²) < 4.78 is 0. The summed E-state index contributed by atoms with van der Waals surface area (Å²) in [6, 6.07) is 31.6. The molecule has 0 saturated carbocycles. The number of aromatic nitrogens is 4. The topological polar surface area (TPSA) is 52.8 Å². The van der Waals surface area contributed by atoms with Gasteiger partial charge in [-0.05, 0) is 41.1 Å². The van der Waals surface area contributed by atoms with Crippen molar-refractivity contribution in [2.24, 2.45) is 0 Å². The summed E-state index contributed by atoms with van der Waals surface area (Å²) in [5, 5.41) is 4.96. The van der Waals surface area contributed by atoms with Gasteiger partial charge in [0.1, 0.15) is 6.33 Å². The van der Waals surface area contributed by atoms with E-state index in [1.807, 2.05) is 72.8 Å². The summed E-state index contributed by atoms with van der Waals surface area (Å²) in [6.45, 7) is 2.07. The Morgan fingerprint density at radius 2 is 1.49 bits per heavy atom. The van der Waals surface area contributed by atoms with Crippen LogP contribution in [0.25, 0.3) is 45.1 Å². The zero-order chi connectivity index (χ0) is 22.9. The SMILES string of the molecule is Cc1cccc2c(/C=c3\[n-]/c(=C\c4cccc(-c5[c-]cccc5)n4)c4ccccc34)ncnc12.[Pt+2]. The Hall–Kier alpha value is -3.88. The molecule has 3 aromatic carbocycles. The summed E-state index contributed by atoms with van der Waals surface area (Å²) in [6.07, 6.45) is 5.70. The fourth-order valence-electron chi connectivity index (χ4n) is 4.27. The van der Waals surface area contributed by atoms with Gasteiger partial charge in [0.05, 0.1) is 16.9 Å². The Kier molecular flexibility index (Phi) is 6.39. The normalized spacial score (nSPS) is 12.3. The second-order valence-corrected chi connectivity index (χ2v) is 8.17. The van der Waals surface area contributed by atoms with Crippen molar-refractivity contribution in [3.8, 4) is 11.3 Å². The van der Waals surface area contributed by atoms with Crippen LogP contribution in [0.2, 0.25) is 0 Å². The standard InChI is InChI=1S/C30H20N4.Pt/c1-20-9-7-15-25-27(31-19-32-30(20)25)18-29-24-14-6-5-13-23(24)28(34-29)17-22-12-8-16-26(33-22)21-10-3-2-4-11-21;/h2-10,12-19H,1H3;/q-2;+2/b28-17-,29-18-;. The molecule has 3 heterocycles. The molecule has 0 bridgehead atoms. The molecule has 6 aromatic rings. The first-order valence-electron chi connectivity index (χ1n) is 11.2. The van der Waals surface area contributed by atoms with E-state index in [1.165, 1.54) is 0 Å². The van der Waals surface area contributed by atoms with Crippen molar-refractivity contribution in [2.75, 3.05) is 0 Å². The van der Waals surface area contributed by atoms with Crippen molar-refractivity contribution in [2.45, 2.75) is 6.92 Å². The van der Waals surface area contributed by atoms with Crippen LogP contribution in [0, 0.1) is 13.0 Å². The molecule has 0 fully saturated rings. The van der Waals surface area contributed by atoms with Crippen LogP contribution in [0.5, 0.6) is 0 Å². The molecule has 5 heteroatoms. The molecule has 35 heavy (non-hydrogen) atoms.